The van der Waals surface area contributed by atoms with E-state index in [1.54, 1.807) is 0 Å². The lowest BCUT2D eigenvalue weighted by atomic mass is 10.2. The van der Waals surface area contributed by atoms with Crippen LogP contribution in [0.25, 0.3) is 0 Å². The Hall–Kier alpha value is -0.570. The zero-order valence-electron chi connectivity index (χ0n) is 14.7. The molecule has 0 aliphatic carbocycles. The summed E-state index contributed by atoms with van der Waals surface area (Å²) in [5, 5.41) is 0. The molecule has 0 radical (unpaired) electrons. The first-order valence-corrected chi connectivity index (χ1v) is 9.11. The monoisotopic (exact) mass is 299 g/mol. The maximum atomic E-state index is 12.3. The van der Waals surface area contributed by atoms with E-state index in [9.17, 15) is 4.79 Å². The van der Waals surface area contributed by atoms with Gasteiger partial charge in [-0.15, -0.1) is 0 Å². The van der Waals surface area contributed by atoms with E-state index in [1.165, 1.54) is 32.1 Å². The second-order valence-electron chi connectivity index (χ2n) is 5.86. The standard InChI is InChI=1S/C18H37NO2/c1-4-7-10-14-19(15-11-8-5-2)18(20)13-12-17-21-16-9-6-3/h4-17H2,1-3H3. The number of hydrogen-bond acceptors (Lipinski definition) is 2. The minimum Gasteiger partial charge on any atom is -0.381 e. The molecule has 0 saturated carbocycles. The first-order chi connectivity index (χ1) is 10.3. The van der Waals surface area contributed by atoms with Gasteiger partial charge in [-0.3, -0.25) is 4.79 Å². The van der Waals surface area contributed by atoms with E-state index in [1.807, 2.05) is 0 Å². The molecule has 0 unspecified atom stereocenters. The third-order valence-corrected chi connectivity index (χ3v) is 3.74. The average Bonchev–Trinajstić information content (AvgIpc) is 2.49. The van der Waals surface area contributed by atoms with Crippen LogP contribution in [-0.2, 0) is 9.53 Å². The van der Waals surface area contributed by atoms with Crippen molar-refractivity contribution in [3.8, 4) is 0 Å². The Morgan fingerprint density at radius 2 is 1.29 bits per heavy atom. The van der Waals surface area contributed by atoms with Gasteiger partial charge in [0.15, 0.2) is 0 Å². The highest BCUT2D eigenvalue weighted by Gasteiger charge is 2.12. The molecule has 0 aromatic heterocycles. The molecule has 0 spiro atoms. The number of hydrogen-bond donors (Lipinski definition) is 0. The van der Waals surface area contributed by atoms with Crippen LogP contribution in [0.3, 0.4) is 0 Å². The number of unbranched alkanes of at least 4 members (excludes halogenated alkanes) is 5. The molecule has 0 bridgehead atoms. The van der Waals surface area contributed by atoms with Crippen molar-refractivity contribution < 1.29 is 9.53 Å². The second kappa shape index (κ2) is 15.8. The molecule has 0 saturated heterocycles. The lowest BCUT2D eigenvalue weighted by molar-refractivity contribution is -0.131. The molecule has 0 rings (SSSR count). The van der Waals surface area contributed by atoms with Crippen molar-refractivity contribution in [3.05, 3.63) is 0 Å². The molecule has 21 heavy (non-hydrogen) atoms. The maximum Gasteiger partial charge on any atom is 0.222 e. The fraction of sp³-hybridized carbons (Fsp3) is 0.944. The quantitative estimate of drug-likeness (QED) is 0.407. The lowest BCUT2D eigenvalue weighted by Crippen LogP contribution is -2.33. The highest BCUT2D eigenvalue weighted by molar-refractivity contribution is 5.76. The number of amides is 1. The summed E-state index contributed by atoms with van der Waals surface area (Å²) in [5.74, 6) is 0.321. The average molecular weight is 299 g/mol. The van der Waals surface area contributed by atoms with Gasteiger partial charge in [0.1, 0.15) is 0 Å². The Labute approximate surface area is 132 Å². The fourth-order valence-corrected chi connectivity index (χ4v) is 2.30. The number of ether oxygens (including phenoxy) is 1. The van der Waals surface area contributed by atoms with Crippen molar-refractivity contribution in [2.45, 2.75) is 85.0 Å². The topological polar surface area (TPSA) is 29.5 Å². The van der Waals surface area contributed by atoms with Crippen LogP contribution >= 0.6 is 0 Å². The summed E-state index contributed by atoms with van der Waals surface area (Å²) in [7, 11) is 0. The predicted octanol–water partition coefficient (Wildman–Crippen LogP) is 4.79. The third kappa shape index (κ3) is 12.9. The minimum absolute atomic E-state index is 0.321. The van der Waals surface area contributed by atoms with E-state index in [0.717, 1.165) is 52.0 Å². The van der Waals surface area contributed by atoms with E-state index >= 15 is 0 Å². The van der Waals surface area contributed by atoms with Crippen LogP contribution in [0.1, 0.15) is 85.0 Å². The molecule has 0 aliphatic rings. The molecule has 0 heterocycles. The summed E-state index contributed by atoms with van der Waals surface area (Å²) >= 11 is 0. The van der Waals surface area contributed by atoms with Gasteiger partial charge in [-0.1, -0.05) is 52.9 Å². The molecule has 0 aromatic rings. The van der Waals surface area contributed by atoms with Gasteiger partial charge in [-0.2, -0.15) is 0 Å². The summed E-state index contributed by atoms with van der Waals surface area (Å²) < 4.78 is 5.53. The summed E-state index contributed by atoms with van der Waals surface area (Å²) in [4.78, 5) is 14.4. The summed E-state index contributed by atoms with van der Waals surface area (Å²) in [5.41, 5.74) is 0. The van der Waals surface area contributed by atoms with Gasteiger partial charge in [0, 0.05) is 32.7 Å². The van der Waals surface area contributed by atoms with E-state index < -0.39 is 0 Å². The predicted molar refractivity (Wildman–Crippen MR) is 90.6 cm³/mol. The van der Waals surface area contributed by atoms with E-state index in [2.05, 4.69) is 25.7 Å². The van der Waals surface area contributed by atoms with Crippen LogP contribution in [-0.4, -0.2) is 37.1 Å². The Kier molecular flexibility index (Phi) is 15.4. The Morgan fingerprint density at radius 3 is 1.81 bits per heavy atom. The molecule has 3 heteroatoms. The van der Waals surface area contributed by atoms with Crippen molar-refractivity contribution in [1.82, 2.24) is 4.90 Å². The van der Waals surface area contributed by atoms with Gasteiger partial charge in [0.05, 0.1) is 0 Å². The van der Waals surface area contributed by atoms with Gasteiger partial charge in [-0.25, -0.2) is 0 Å². The van der Waals surface area contributed by atoms with Crippen LogP contribution in [0, 0.1) is 0 Å². The molecule has 0 atom stereocenters. The molecular weight excluding hydrogens is 262 g/mol. The van der Waals surface area contributed by atoms with Crippen molar-refractivity contribution >= 4 is 5.91 Å². The zero-order valence-corrected chi connectivity index (χ0v) is 14.7. The first kappa shape index (κ1) is 20.4. The number of carbonyl (C=O) groups excluding carboxylic acids is 1. The smallest absolute Gasteiger partial charge is 0.222 e. The third-order valence-electron chi connectivity index (χ3n) is 3.74. The van der Waals surface area contributed by atoms with Gasteiger partial charge in [-0.05, 0) is 25.7 Å². The fourth-order valence-electron chi connectivity index (χ4n) is 2.30. The molecule has 0 aromatic carbocycles. The SMILES string of the molecule is CCCCCN(CCCCC)C(=O)CCCOCCCC. The molecule has 0 fully saturated rings. The van der Waals surface area contributed by atoms with Crippen molar-refractivity contribution in [2.75, 3.05) is 26.3 Å². The largest absolute Gasteiger partial charge is 0.381 e. The van der Waals surface area contributed by atoms with Crippen LogP contribution in [0.2, 0.25) is 0 Å². The van der Waals surface area contributed by atoms with Gasteiger partial charge in [0.2, 0.25) is 5.91 Å². The molecule has 3 nitrogen and oxygen atoms in total. The summed E-state index contributed by atoms with van der Waals surface area (Å²) in [6, 6.07) is 0. The van der Waals surface area contributed by atoms with Crippen LogP contribution in [0.15, 0.2) is 0 Å². The normalized spacial score (nSPS) is 10.8. The van der Waals surface area contributed by atoms with Crippen molar-refractivity contribution in [1.29, 1.82) is 0 Å². The van der Waals surface area contributed by atoms with Gasteiger partial charge < -0.3 is 9.64 Å². The van der Waals surface area contributed by atoms with Crippen molar-refractivity contribution in [3.63, 3.8) is 0 Å². The Morgan fingerprint density at radius 1 is 0.762 bits per heavy atom. The first-order valence-electron chi connectivity index (χ1n) is 9.11. The van der Waals surface area contributed by atoms with Crippen LogP contribution in [0.4, 0.5) is 0 Å². The highest BCUT2D eigenvalue weighted by Crippen LogP contribution is 2.06. The van der Waals surface area contributed by atoms with Crippen LogP contribution in [0.5, 0.6) is 0 Å². The number of carbonyl (C=O) groups is 1. The lowest BCUT2D eigenvalue weighted by Gasteiger charge is -2.23. The van der Waals surface area contributed by atoms with Crippen LogP contribution < -0.4 is 0 Å². The second-order valence-corrected chi connectivity index (χ2v) is 5.86. The molecule has 0 N–H and O–H groups in total. The minimum atomic E-state index is 0.321. The van der Waals surface area contributed by atoms with Crippen molar-refractivity contribution in [2.24, 2.45) is 0 Å². The maximum absolute atomic E-state index is 12.3. The molecule has 0 aliphatic heterocycles. The van der Waals surface area contributed by atoms with E-state index in [-0.39, 0.29) is 0 Å². The molecule has 126 valence electrons. The van der Waals surface area contributed by atoms with E-state index in [0.29, 0.717) is 12.3 Å². The number of rotatable bonds is 15. The van der Waals surface area contributed by atoms with Gasteiger partial charge >= 0.3 is 0 Å². The van der Waals surface area contributed by atoms with E-state index in [4.69, 9.17) is 4.74 Å². The Balaban J connectivity index is 3.87. The molecule has 1 amide bonds. The zero-order chi connectivity index (χ0) is 15.8. The summed E-state index contributed by atoms with van der Waals surface area (Å²) in [6.07, 6.45) is 10.9. The Bertz CT molecular complexity index is 221. The van der Waals surface area contributed by atoms with Gasteiger partial charge in [0.25, 0.3) is 0 Å². The number of nitrogens with zero attached hydrogens (tertiary/aromatic N) is 1. The summed E-state index contributed by atoms with van der Waals surface area (Å²) in [6.45, 7) is 10.0. The highest BCUT2D eigenvalue weighted by atomic mass is 16.5. The molecular formula is C18H37NO2.